The van der Waals surface area contributed by atoms with Crippen molar-refractivity contribution < 1.29 is 13.6 Å². The zero-order valence-corrected chi connectivity index (χ0v) is 17.8. The van der Waals surface area contributed by atoms with E-state index in [1.165, 1.54) is 27.0 Å². The molecule has 1 unspecified atom stereocenters. The lowest BCUT2D eigenvalue weighted by Crippen LogP contribution is -2.34. The van der Waals surface area contributed by atoms with Crippen molar-refractivity contribution >= 4 is 77.5 Å². The normalized spacial score (nSPS) is 16.2. The smallest absolute Gasteiger partial charge is 0.267 e. The second kappa shape index (κ2) is 8.44. The highest BCUT2D eigenvalue weighted by atomic mass is 35.5. The maximum Gasteiger partial charge on any atom is 0.267 e. The molecule has 0 spiro atoms. The van der Waals surface area contributed by atoms with Gasteiger partial charge in [-0.25, -0.2) is 13.5 Å². The Hall–Kier alpha value is -1.56. The summed E-state index contributed by atoms with van der Waals surface area (Å²) in [5.41, 5.74) is 1.27. The molecule has 0 saturated carbocycles. The molecule has 148 valence electrons. The Morgan fingerprint density at radius 2 is 2.07 bits per heavy atom. The van der Waals surface area contributed by atoms with Crippen molar-refractivity contribution in [3.05, 3.63) is 34.7 Å². The Labute approximate surface area is 177 Å². The summed E-state index contributed by atoms with van der Waals surface area (Å²) in [6.07, 6.45) is 1.64. The van der Waals surface area contributed by atoms with Crippen molar-refractivity contribution in [2.24, 2.45) is 5.92 Å². The van der Waals surface area contributed by atoms with Crippen LogP contribution in [0.1, 0.15) is 12.8 Å². The van der Waals surface area contributed by atoms with Gasteiger partial charge in [-0.05, 0) is 56.3 Å². The van der Waals surface area contributed by atoms with Crippen LogP contribution in [-0.4, -0.2) is 32.7 Å². The van der Waals surface area contributed by atoms with E-state index in [4.69, 9.17) is 11.6 Å². The Balaban J connectivity index is 1.58. The number of hydrogen-bond acceptors (Lipinski definition) is 6. The molecular formula is C17H17ClN4O3S3. The Morgan fingerprint density at radius 3 is 2.75 bits per heavy atom. The number of carbonyl (C=O) groups is 1. The van der Waals surface area contributed by atoms with Gasteiger partial charge >= 0.3 is 0 Å². The second-order valence-electron chi connectivity index (χ2n) is 6.29. The van der Waals surface area contributed by atoms with Gasteiger partial charge in [-0.15, -0.1) is 11.3 Å². The average Bonchev–Trinajstić information content (AvgIpc) is 3.27. The third-order valence-electron chi connectivity index (χ3n) is 4.46. The highest BCUT2D eigenvalue weighted by molar-refractivity contribution is 7.81. The number of benzene rings is 1. The molecule has 3 aromatic rings. The van der Waals surface area contributed by atoms with E-state index < -0.39 is 11.3 Å². The molecule has 2 aromatic heterocycles. The predicted octanol–water partition coefficient (Wildman–Crippen LogP) is 4.22. The standard InChI is InChI=1S/C17H17ClN4O3S3/c18-14-3-4-15(27-14)22(28(24)25)11-1-2-12-13(9-11)26-17(20-12)21-16(23)10-5-7-19-8-6-10/h1-4,9-10,19H,5-8H2,(H,24,25)(H,20,21,23). The molecular weight excluding hydrogens is 440 g/mol. The van der Waals surface area contributed by atoms with Gasteiger partial charge in [0.2, 0.25) is 5.91 Å². The minimum atomic E-state index is -2.25. The molecule has 0 aliphatic carbocycles. The number of rotatable bonds is 5. The Morgan fingerprint density at radius 1 is 1.29 bits per heavy atom. The molecule has 1 saturated heterocycles. The average molecular weight is 457 g/mol. The van der Waals surface area contributed by atoms with Crippen molar-refractivity contribution in [2.45, 2.75) is 12.8 Å². The summed E-state index contributed by atoms with van der Waals surface area (Å²) in [7, 11) is 0. The van der Waals surface area contributed by atoms with Crippen LogP contribution >= 0.6 is 34.3 Å². The van der Waals surface area contributed by atoms with Gasteiger partial charge in [0.15, 0.2) is 5.13 Å². The molecule has 3 N–H and O–H groups in total. The van der Waals surface area contributed by atoms with Crippen LogP contribution in [0.2, 0.25) is 4.34 Å². The molecule has 1 aliphatic rings. The SMILES string of the molecule is O=C(Nc1nc2ccc(N(c3ccc(Cl)s3)S(=O)O)cc2s1)C1CCNCC1. The third-order valence-corrected chi connectivity index (χ3v) is 7.45. The highest BCUT2D eigenvalue weighted by Crippen LogP contribution is 2.37. The van der Waals surface area contributed by atoms with Crippen LogP contribution in [0.25, 0.3) is 10.2 Å². The lowest BCUT2D eigenvalue weighted by Gasteiger charge is -2.20. The van der Waals surface area contributed by atoms with Gasteiger partial charge in [-0.3, -0.25) is 9.35 Å². The van der Waals surface area contributed by atoms with E-state index in [0.717, 1.165) is 36.1 Å². The monoisotopic (exact) mass is 456 g/mol. The number of nitrogens with one attached hydrogen (secondary N) is 2. The van der Waals surface area contributed by atoms with E-state index in [0.29, 0.717) is 20.2 Å². The van der Waals surface area contributed by atoms with Crippen LogP contribution in [0, 0.1) is 5.92 Å². The van der Waals surface area contributed by atoms with Crippen molar-refractivity contribution in [1.82, 2.24) is 10.3 Å². The van der Waals surface area contributed by atoms with Crippen LogP contribution in [0.3, 0.4) is 0 Å². The number of thiophene rings is 1. The maximum atomic E-state index is 12.4. The van der Waals surface area contributed by atoms with Gasteiger partial charge in [-0.2, -0.15) is 0 Å². The third kappa shape index (κ3) is 4.22. The van der Waals surface area contributed by atoms with Gasteiger partial charge in [0, 0.05) is 5.92 Å². The van der Waals surface area contributed by atoms with E-state index >= 15 is 0 Å². The lowest BCUT2D eigenvalue weighted by atomic mass is 9.97. The Bertz CT molecular complexity index is 1030. The first-order valence-electron chi connectivity index (χ1n) is 8.60. The first-order valence-corrected chi connectivity index (χ1v) is 11.7. The van der Waals surface area contributed by atoms with Crippen LogP contribution in [0.15, 0.2) is 30.3 Å². The molecule has 3 heterocycles. The van der Waals surface area contributed by atoms with Gasteiger partial charge in [0.25, 0.3) is 11.3 Å². The number of halogens is 1. The first kappa shape index (κ1) is 19.7. The minimum Gasteiger partial charge on any atom is -0.317 e. The van der Waals surface area contributed by atoms with Crippen molar-refractivity contribution in [3.63, 3.8) is 0 Å². The fraction of sp³-hybridized carbons (Fsp3) is 0.294. The maximum absolute atomic E-state index is 12.4. The summed E-state index contributed by atoms with van der Waals surface area (Å²) in [5, 5.41) is 7.25. The number of carbonyl (C=O) groups excluding carboxylic acids is 1. The highest BCUT2D eigenvalue weighted by Gasteiger charge is 2.22. The van der Waals surface area contributed by atoms with Gasteiger partial charge in [0.05, 0.1) is 20.2 Å². The number of anilines is 3. The lowest BCUT2D eigenvalue weighted by molar-refractivity contribution is -0.120. The number of amides is 1. The number of fused-ring (bicyclic) bond motifs is 1. The van der Waals surface area contributed by atoms with Gasteiger partial charge in [-0.1, -0.05) is 22.9 Å². The number of hydrogen-bond donors (Lipinski definition) is 3. The summed E-state index contributed by atoms with van der Waals surface area (Å²) < 4.78 is 24.3. The first-order chi connectivity index (χ1) is 13.5. The fourth-order valence-electron chi connectivity index (χ4n) is 3.09. The molecule has 7 nitrogen and oxygen atoms in total. The van der Waals surface area contributed by atoms with E-state index in [-0.39, 0.29) is 11.8 Å². The summed E-state index contributed by atoms with van der Waals surface area (Å²) >= 11 is 6.28. The predicted molar refractivity (Wildman–Crippen MR) is 116 cm³/mol. The minimum absolute atomic E-state index is 0.000276. The summed E-state index contributed by atoms with van der Waals surface area (Å²) in [6.45, 7) is 1.70. The molecule has 0 bridgehead atoms. The molecule has 4 rings (SSSR count). The zero-order valence-electron chi connectivity index (χ0n) is 14.6. The van der Waals surface area contributed by atoms with Crippen LogP contribution in [0.4, 0.5) is 15.8 Å². The van der Waals surface area contributed by atoms with Gasteiger partial charge < -0.3 is 10.6 Å². The molecule has 1 fully saturated rings. The summed E-state index contributed by atoms with van der Waals surface area (Å²) in [5.74, 6) is -0.00759. The second-order valence-corrected chi connectivity index (χ2v) is 9.84. The number of nitrogens with zero attached hydrogens (tertiary/aromatic N) is 2. The van der Waals surface area contributed by atoms with Crippen LogP contribution < -0.4 is 14.9 Å². The molecule has 11 heteroatoms. The quantitative estimate of drug-likeness (QED) is 0.499. The molecule has 0 radical (unpaired) electrons. The van der Waals surface area contributed by atoms with E-state index in [1.54, 1.807) is 30.3 Å². The van der Waals surface area contributed by atoms with Gasteiger partial charge in [0.1, 0.15) is 5.00 Å². The Kier molecular flexibility index (Phi) is 5.95. The van der Waals surface area contributed by atoms with Crippen LogP contribution in [0.5, 0.6) is 0 Å². The number of aromatic nitrogens is 1. The zero-order chi connectivity index (χ0) is 19.7. The largest absolute Gasteiger partial charge is 0.317 e. The fourth-order valence-corrected chi connectivity index (χ4v) is 5.77. The summed E-state index contributed by atoms with van der Waals surface area (Å²) in [6, 6.07) is 8.66. The van der Waals surface area contributed by atoms with Crippen LogP contribution in [-0.2, 0) is 16.1 Å². The molecule has 1 aliphatic heterocycles. The number of piperidine rings is 1. The van der Waals surface area contributed by atoms with Crippen molar-refractivity contribution in [2.75, 3.05) is 22.7 Å². The van der Waals surface area contributed by atoms with E-state index in [9.17, 15) is 13.6 Å². The topological polar surface area (TPSA) is 94.6 Å². The molecule has 1 atom stereocenters. The molecule has 28 heavy (non-hydrogen) atoms. The van der Waals surface area contributed by atoms with Crippen molar-refractivity contribution in [1.29, 1.82) is 0 Å². The van der Waals surface area contributed by atoms with E-state index in [2.05, 4.69) is 15.6 Å². The number of thiazole rings is 1. The summed E-state index contributed by atoms with van der Waals surface area (Å²) in [4.78, 5) is 16.9. The van der Waals surface area contributed by atoms with E-state index in [1.807, 2.05) is 0 Å². The van der Waals surface area contributed by atoms with Crippen molar-refractivity contribution in [3.8, 4) is 0 Å². The molecule has 1 aromatic carbocycles. The molecule has 1 amide bonds.